The Morgan fingerprint density at radius 1 is 0.971 bits per heavy atom. The van der Waals surface area contributed by atoms with Crippen molar-refractivity contribution in [3.8, 4) is 22.4 Å². The van der Waals surface area contributed by atoms with Crippen LogP contribution in [0, 0.1) is 0 Å². The van der Waals surface area contributed by atoms with E-state index in [-0.39, 0.29) is 17.3 Å². The first-order valence-corrected chi connectivity index (χ1v) is 11.5. The van der Waals surface area contributed by atoms with E-state index in [0.29, 0.717) is 0 Å². The number of benzene rings is 2. The summed E-state index contributed by atoms with van der Waals surface area (Å²) in [6.45, 7) is 4.28. The highest BCUT2D eigenvalue weighted by atomic mass is 35.5. The molecule has 0 amide bonds. The number of imidazole rings is 1. The van der Waals surface area contributed by atoms with Crippen molar-refractivity contribution in [2.75, 3.05) is 0 Å². The number of aryl methyl sites for hydroxylation is 2. The van der Waals surface area contributed by atoms with Crippen LogP contribution in [0.1, 0.15) is 35.8 Å². The summed E-state index contributed by atoms with van der Waals surface area (Å²) in [4.78, 5) is 33.0. The largest absolute Gasteiger partial charge is 0.374 e. The van der Waals surface area contributed by atoms with Crippen molar-refractivity contribution in [1.29, 1.82) is 0 Å². The third-order valence-corrected chi connectivity index (χ3v) is 6.57. The van der Waals surface area contributed by atoms with E-state index in [9.17, 15) is 9.59 Å². The predicted molar refractivity (Wildman–Crippen MR) is 137 cm³/mol. The smallest absolute Gasteiger partial charge is 0.342 e. The van der Waals surface area contributed by atoms with Crippen LogP contribution in [0.5, 0.6) is 0 Å². The Balaban J connectivity index is 1.65. The van der Waals surface area contributed by atoms with E-state index in [1.165, 1.54) is 0 Å². The average Bonchev–Trinajstić information content (AvgIpc) is 3.10. The van der Waals surface area contributed by atoms with Crippen molar-refractivity contribution >= 4 is 39.6 Å². The Morgan fingerprint density at radius 3 is 2.46 bits per heavy atom. The molecule has 0 N–H and O–H groups in total. The fourth-order valence-electron chi connectivity index (χ4n) is 4.57. The molecule has 2 aromatic carbocycles. The molecular formula is C27H23ClN4O3. The average molecular weight is 487 g/mol. The molecule has 3 aromatic heterocycles. The normalized spacial score (nSPS) is 11.5. The van der Waals surface area contributed by atoms with Gasteiger partial charge in [-0.15, -0.1) is 0 Å². The molecule has 0 aliphatic heterocycles. The molecule has 176 valence electrons. The first-order chi connectivity index (χ1) is 16.8. The van der Waals surface area contributed by atoms with E-state index >= 15 is 0 Å². The molecule has 0 aliphatic carbocycles. The number of rotatable bonds is 4. The fraction of sp³-hybridized carbons (Fsp3) is 0.185. The van der Waals surface area contributed by atoms with E-state index in [2.05, 4.69) is 46.3 Å². The van der Waals surface area contributed by atoms with Crippen molar-refractivity contribution in [1.82, 2.24) is 19.1 Å². The molecule has 0 saturated heterocycles. The van der Waals surface area contributed by atoms with Gasteiger partial charge in [-0.1, -0.05) is 32.0 Å². The molecule has 5 rings (SSSR count). The standard InChI is InChI=1S/C27H23ClN4O3/c1-15(2)20-10-18(12-24-25(20)32(4)27(34)31(24)3)19-7-5-6-16-11-23(30-14-21(16)19)17-8-9-22(29-13-17)26(33)35-28/h5-15H,1-4H3. The van der Waals surface area contributed by atoms with Gasteiger partial charge >= 0.3 is 11.7 Å². The van der Waals surface area contributed by atoms with Crippen LogP contribution in [0.15, 0.2) is 65.7 Å². The quantitative estimate of drug-likeness (QED) is 0.331. The topological polar surface area (TPSA) is 79.0 Å². The van der Waals surface area contributed by atoms with Crippen LogP contribution in [0.25, 0.3) is 44.2 Å². The molecule has 0 saturated carbocycles. The minimum atomic E-state index is -0.706. The van der Waals surface area contributed by atoms with E-state index in [1.807, 2.05) is 38.5 Å². The fourth-order valence-corrected chi connectivity index (χ4v) is 4.65. The summed E-state index contributed by atoms with van der Waals surface area (Å²) in [5.41, 5.74) is 6.66. The maximum Gasteiger partial charge on any atom is 0.374 e. The first kappa shape index (κ1) is 22.8. The number of fused-ring (bicyclic) bond motifs is 2. The molecule has 0 bridgehead atoms. The van der Waals surface area contributed by atoms with Crippen LogP contribution in [0.2, 0.25) is 0 Å². The number of nitrogens with zero attached hydrogens (tertiary/aromatic N) is 4. The van der Waals surface area contributed by atoms with Gasteiger partial charge in [-0.2, -0.15) is 0 Å². The molecule has 0 spiro atoms. The van der Waals surface area contributed by atoms with Gasteiger partial charge in [0, 0.05) is 37.4 Å². The summed E-state index contributed by atoms with van der Waals surface area (Å²) in [6, 6.07) is 15.7. The monoisotopic (exact) mass is 486 g/mol. The van der Waals surface area contributed by atoms with Gasteiger partial charge < -0.3 is 4.29 Å². The van der Waals surface area contributed by atoms with Crippen molar-refractivity contribution in [3.63, 3.8) is 0 Å². The molecule has 0 aliphatic rings. The van der Waals surface area contributed by atoms with Crippen molar-refractivity contribution in [3.05, 3.63) is 82.7 Å². The Labute approximate surface area is 206 Å². The summed E-state index contributed by atoms with van der Waals surface area (Å²) in [5, 5.41) is 2.02. The summed E-state index contributed by atoms with van der Waals surface area (Å²) in [6.07, 6.45) is 3.42. The van der Waals surface area contributed by atoms with Crippen LogP contribution in [-0.2, 0) is 18.4 Å². The zero-order valence-electron chi connectivity index (χ0n) is 19.7. The lowest BCUT2D eigenvalue weighted by Crippen LogP contribution is -2.19. The number of hydrogen-bond acceptors (Lipinski definition) is 5. The molecule has 35 heavy (non-hydrogen) atoms. The Kier molecular flexibility index (Phi) is 5.65. The van der Waals surface area contributed by atoms with E-state index in [4.69, 9.17) is 11.9 Å². The summed E-state index contributed by atoms with van der Waals surface area (Å²) in [5.74, 6) is -0.459. The van der Waals surface area contributed by atoms with Crippen LogP contribution >= 0.6 is 11.9 Å². The number of carbonyl (C=O) groups is 1. The Bertz CT molecular complexity index is 1670. The minimum absolute atomic E-state index is 0.0396. The van der Waals surface area contributed by atoms with Crippen LogP contribution in [-0.4, -0.2) is 25.1 Å². The molecule has 0 unspecified atom stereocenters. The van der Waals surface area contributed by atoms with Gasteiger partial charge in [0.2, 0.25) is 0 Å². The van der Waals surface area contributed by atoms with Crippen molar-refractivity contribution in [2.45, 2.75) is 19.8 Å². The Morgan fingerprint density at radius 2 is 1.77 bits per heavy atom. The van der Waals surface area contributed by atoms with Gasteiger partial charge in [-0.25, -0.2) is 14.6 Å². The van der Waals surface area contributed by atoms with Crippen LogP contribution in [0.4, 0.5) is 0 Å². The summed E-state index contributed by atoms with van der Waals surface area (Å²) < 4.78 is 7.61. The van der Waals surface area contributed by atoms with E-state index in [1.54, 1.807) is 27.5 Å². The number of hydrogen-bond donors (Lipinski definition) is 0. The SMILES string of the molecule is CC(C)c1cc(-c2cccc3cc(-c4ccc(C(=O)OCl)nc4)ncc23)cc2c1n(C)c(=O)n2C. The molecule has 3 heterocycles. The molecule has 8 heteroatoms. The van der Waals surface area contributed by atoms with Crippen LogP contribution in [0.3, 0.4) is 0 Å². The van der Waals surface area contributed by atoms with E-state index < -0.39 is 5.97 Å². The highest BCUT2D eigenvalue weighted by Crippen LogP contribution is 2.35. The molecule has 0 fully saturated rings. The highest BCUT2D eigenvalue weighted by Gasteiger charge is 2.17. The third-order valence-electron chi connectivity index (χ3n) is 6.43. The zero-order chi connectivity index (χ0) is 24.9. The molecule has 7 nitrogen and oxygen atoms in total. The minimum Gasteiger partial charge on any atom is -0.342 e. The zero-order valence-corrected chi connectivity index (χ0v) is 20.5. The van der Waals surface area contributed by atoms with Crippen molar-refractivity contribution < 1.29 is 9.08 Å². The number of carbonyl (C=O) groups excluding carboxylic acids is 1. The molecule has 0 atom stereocenters. The van der Waals surface area contributed by atoms with E-state index in [0.717, 1.165) is 49.8 Å². The van der Waals surface area contributed by atoms with Gasteiger partial charge in [0.15, 0.2) is 0 Å². The third kappa shape index (κ3) is 3.78. The maximum absolute atomic E-state index is 12.6. The molecule has 5 aromatic rings. The van der Waals surface area contributed by atoms with Gasteiger partial charge in [-0.3, -0.25) is 14.1 Å². The van der Waals surface area contributed by atoms with Gasteiger partial charge in [0.1, 0.15) is 17.6 Å². The lowest BCUT2D eigenvalue weighted by atomic mass is 9.93. The van der Waals surface area contributed by atoms with Gasteiger partial charge in [0.25, 0.3) is 0 Å². The second-order valence-electron chi connectivity index (χ2n) is 8.88. The van der Waals surface area contributed by atoms with Gasteiger partial charge in [0.05, 0.1) is 16.7 Å². The molecule has 0 radical (unpaired) electrons. The number of pyridine rings is 2. The first-order valence-electron chi connectivity index (χ1n) is 11.2. The van der Waals surface area contributed by atoms with Crippen molar-refractivity contribution in [2.24, 2.45) is 14.1 Å². The number of halogens is 1. The van der Waals surface area contributed by atoms with Crippen LogP contribution < -0.4 is 5.69 Å². The second kappa shape index (κ2) is 8.67. The second-order valence-corrected chi connectivity index (χ2v) is 9.04. The predicted octanol–water partition coefficient (Wildman–Crippen LogP) is 5.59. The molecular weight excluding hydrogens is 464 g/mol. The number of aromatic nitrogens is 4. The van der Waals surface area contributed by atoms with Gasteiger partial charge in [-0.05, 0) is 58.3 Å². The summed E-state index contributed by atoms with van der Waals surface area (Å²) in [7, 11) is 3.63. The Hall–Kier alpha value is -3.97. The maximum atomic E-state index is 12.6. The lowest BCUT2D eigenvalue weighted by Gasteiger charge is -2.14. The highest BCUT2D eigenvalue weighted by molar-refractivity contribution is 6.15. The summed E-state index contributed by atoms with van der Waals surface area (Å²) >= 11 is 5.13. The lowest BCUT2D eigenvalue weighted by molar-refractivity contribution is 0.0745.